The Morgan fingerprint density at radius 3 is 2.44 bits per heavy atom. The van der Waals surface area contributed by atoms with Crippen molar-refractivity contribution in [1.82, 2.24) is 0 Å². The van der Waals surface area contributed by atoms with Crippen molar-refractivity contribution in [3.8, 4) is 0 Å². The van der Waals surface area contributed by atoms with Gasteiger partial charge in [-0.2, -0.15) is 0 Å². The molecule has 0 bridgehead atoms. The van der Waals surface area contributed by atoms with Crippen LogP contribution >= 0.6 is 0 Å². The fourth-order valence-electron chi connectivity index (χ4n) is 5.97. The summed E-state index contributed by atoms with van der Waals surface area (Å²) in [5.41, 5.74) is 0.0166. The zero-order valence-electron chi connectivity index (χ0n) is 19.5. The first-order valence-corrected chi connectivity index (χ1v) is 11.5. The highest BCUT2D eigenvalue weighted by molar-refractivity contribution is 6.04. The van der Waals surface area contributed by atoms with Crippen LogP contribution in [0.3, 0.4) is 0 Å². The molecule has 32 heavy (non-hydrogen) atoms. The van der Waals surface area contributed by atoms with E-state index in [1.165, 1.54) is 0 Å². The molecule has 2 fully saturated rings. The monoisotopic (exact) mass is 438 g/mol. The van der Waals surface area contributed by atoms with Gasteiger partial charge in [-0.25, -0.2) is 4.79 Å². The van der Waals surface area contributed by atoms with Gasteiger partial charge in [-0.1, -0.05) is 51.1 Å². The first kappa shape index (κ1) is 22.9. The second-order valence-electron chi connectivity index (χ2n) is 10.6. The van der Waals surface area contributed by atoms with E-state index in [2.05, 4.69) is 13.8 Å². The van der Waals surface area contributed by atoms with Crippen LogP contribution in [0.15, 0.2) is 53.6 Å². The van der Waals surface area contributed by atoms with Crippen molar-refractivity contribution in [2.24, 2.45) is 29.1 Å². The van der Waals surface area contributed by atoms with Gasteiger partial charge >= 0.3 is 5.97 Å². The molecule has 0 spiro atoms. The Morgan fingerprint density at radius 1 is 1.12 bits per heavy atom. The van der Waals surface area contributed by atoms with E-state index in [1.54, 1.807) is 37.3 Å². The highest BCUT2D eigenvalue weighted by Gasteiger charge is 2.63. The van der Waals surface area contributed by atoms with Gasteiger partial charge in [0, 0.05) is 6.42 Å². The van der Waals surface area contributed by atoms with Crippen LogP contribution in [-0.2, 0) is 9.53 Å². The van der Waals surface area contributed by atoms with Gasteiger partial charge in [0.15, 0.2) is 5.60 Å². The zero-order chi connectivity index (χ0) is 23.4. The summed E-state index contributed by atoms with van der Waals surface area (Å²) < 4.78 is 6.03. The lowest BCUT2D eigenvalue weighted by molar-refractivity contribution is -0.146. The molecule has 0 amide bonds. The Bertz CT molecular complexity index is 975. The summed E-state index contributed by atoms with van der Waals surface area (Å²) in [5.74, 6) is -1.54. The van der Waals surface area contributed by atoms with E-state index in [1.807, 2.05) is 26.0 Å². The minimum Gasteiger partial charge on any atom is -0.447 e. The summed E-state index contributed by atoms with van der Waals surface area (Å²) >= 11 is 0. The standard InChI is InChI=1S/C27H34O5/c1-15-11-12-19-20(26(19,4)5)13-16(2)24(30)27(14-17(3)23(29)21(27)22(15)28)32-25(31)18-9-7-6-8-10-18/h6-11,13,17,19-23,28-29H,12,14H2,1-5H3/b15-11?,16-13-/t17-,19-,20+,21-,22+,23-,27+/m0/s1. The first-order chi connectivity index (χ1) is 15.0. The van der Waals surface area contributed by atoms with E-state index in [0.29, 0.717) is 22.6 Å². The van der Waals surface area contributed by atoms with Crippen LogP contribution in [0.5, 0.6) is 0 Å². The lowest BCUT2D eigenvalue weighted by Gasteiger charge is -2.37. The maximum atomic E-state index is 14.0. The number of hydrogen-bond donors (Lipinski definition) is 2. The number of esters is 1. The van der Waals surface area contributed by atoms with Crippen LogP contribution in [0.2, 0.25) is 0 Å². The molecule has 3 aliphatic rings. The van der Waals surface area contributed by atoms with E-state index in [-0.39, 0.29) is 29.5 Å². The molecule has 5 heteroatoms. The van der Waals surface area contributed by atoms with E-state index in [9.17, 15) is 19.8 Å². The second kappa shape index (κ2) is 7.96. The smallest absolute Gasteiger partial charge is 0.339 e. The summed E-state index contributed by atoms with van der Waals surface area (Å²) in [7, 11) is 0. The zero-order valence-corrected chi connectivity index (χ0v) is 19.5. The third-order valence-corrected chi connectivity index (χ3v) is 8.21. The van der Waals surface area contributed by atoms with E-state index in [0.717, 1.165) is 6.42 Å². The molecule has 4 rings (SSSR count). The molecule has 3 aliphatic carbocycles. The molecule has 0 heterocycles. The molecule has 0 radical (unpaired) electrons. The predicted octanol–water partition coefficient (Wildman–Crippen LogP) is 4.10. The Labute approximate surface area is 190 Å². The van der Waals surface area contributed by atoms with E-state index >= 15 is 0 Å². The number of hydrogen-bond acceptors (Lipinski definition) is 5. The third kappa shape index (κ3) is 3.56. The van der Waals surface area contributed by atoms with Crippen LogP contribution in [0, 0.1) is 29.1 Å². The molecule has 0 saturated heterocycles. The molecular formula is C27H34O5. The maximum absolute atomic E-state index is 14.0. The molecule has 2 N–H and O–H groups in total. The number of fused-ring (bicyclic) bond motifs is 2. The molecular weight excluding hydrogens is 404 g/mol. The normalized spacial score (nSPS) is 40.2. The van der Waals surface area contributed by atoms with Gasteiger partial charge in [0.05, 0.1) is 23.7 Å². The van der Waals surface area contributed by atoms with Crippen molar-refractivity contribution in [2.75, 3.05) is 0 Å². The quantitative estimate of drug-likeness (QED) is 0.537. The molecule has 0 aliphatic heterocycles. The highest BCUT2D eigenvalue weighted by Crippen LogP contribution is 2.62. The Balaban J connectivity index is 1.83. The van der Waals surface area contributed by atoms with Gasteiger partial charge < -0.3 is 14.9 Å². The summed E-state index contributed by atoms with van der Waals surface area (Å²) in [5, 5.41) is 22.4. The van der Waals surface area contributed by atoms with Crippen molar-refractivity contribution in [1.29, 1.82) is 0 Å². The second-order valence-corrected chi connectivity index (χ2v) is 10.6. The number of allylic oxidation sites excluding steroid dienone is 2. The molecule has 7 atom stereocenters. The number of Topliss-reactive ketones (excluding diaryl/α,β-unsaturated/α-hetero) is 1. The largest absolute Gasteiger partial charge is 0.447 e. The molecule has 2 saturated carbocycles. The van der Waals surface area contributed by atoms with Crippen molar-refractivity contribution in [3.05, 3.63) is 59.2 Å². The van der Waals surface area contributed by atoms with Gasteiger partial charge in [-0.3, -0.25) is 4.79 Å². The number of ketones is 1. The van der Waals surface area contributed by atoms with Crippen LogP contribution in [0.4, 0.5) is 0 Å². The molecule has 1 aromatic carbocycles. The van der Waals surface area contributed by atoms with Crippen LogP contribution < -0.4 is 0 Å². The summed E-state index contributed by atoms with van der Waals surface area (Å²) in [4.78, 5) is 27.1. The van der Waals surface area contributed by atoms with E-state index in [4.69, 9.17) is 4.74 Å². The molecule has 0 aromatic heterocycles. The number of carbonyl (C=O) groups is 2. The number of rotatable bonds is 2. The van der Waals surface area contributed by atoms with Gasteiger partial charge in [0.25, 0.3) is 0 Å². The Morgan fingerprint density at radius 2 is 1.78 bits per heavy atom. The molecule has 0 unspecified atom stereocenters. The topological polar surface area (TPSA) is 83.8 Å². The average molecular weight is 439 g/mol. The first-order valence-electron chi connectivity index (χ1n) is 11.5. The van der Waals surface area contributed by atoms with Crippen molar-refractivity contribution in [3.63, 3.8) is 0 Å². The number of aliphatic hydroxyl groups is 2. The van der Waals surface area contributed by atoms with Crippen molar-refractivity contribution >= 4 is 11.8 Å². The van der Waals surface area contributed by atoms with Gasteiger partial charge in [0.2, 0.25) is 5.78 Å². The number of ether oxygens (including phenoxy) is 1. The van der Waals surface area contributed by atoms with E-state index < -0.39 is 29.7 Å². The summed E-state index contributed by atoms with van der Waals surface area (Å²) in [6.45, 7) is 9.81. The molecule has 5 nitrogen and oxygen atoms in total. The summed E-state index contributed by atoms with van der Waals surface area (Å²) in [6.07, 6.45) is 2.94. The van der Waals surface area contributed by atoms with Gasteiger partial charge in [-0.15, -0.1) is 0 Å². The predicted molar refractivity (Wildman–Crippen MR) is 122 cm³/mol. The van der Waals surface area contributed by atoms with Crippen LogP contribution in [0.1, 0.15) is 57.8 Å². The Hall–Kier alpha value is -2.24. The fourth-order valence-corrected chi connectivity index (χ4v) is 5.97. The van der Waals surface area contributed by atoms with Crippen molar-refractivity contribution < 1.29 is 24.5 Å². The van der Waals surface area contributed by atoms with Gasteiger partial charge in [-0.05, 0) is 66.7 Å². The highest BCUT2D eigenvalue weighted by atomic mass is 16.6. The average Bonchev–Trinajstić information content (AvgIpc) is 3.16. The van der Waals surface area contributed by atoms with Crippen LogP contribution in [0.25, 0.3) is 0 Å². The number of carbonyl (C=O) groups excluding carboxylic acids is 2. The minimum atomic E-state index is -1.63. The van der Waals surface area contributed by atoms with Crippen molar-refractivity contribution in [2.45, 2.75) is 65.3 Å². The minimum absolute atomic E-state index is 0.0677. The number of benzene rings is 1. The lowest BCUT2D eigenvalue weighted by Crippen LogP contribution is -2.53. The SMILES string of the molecule is CC1=CC[C@H]2[C@@H](/C=C(/C)C(=O)[C@@]3(OC(=O)c4ccccc4)C[C@H](C)[C@H](O)[C@@H]3[C@@H]1O)C2(C)C. The molecule has 172 valence electrons. The van der Waals surface area contributed by atoms with Crippen LogP contribution in [-0.4, -0.2) is 39.8 Å². The Kier molecular flexibility index (Phi) is 5.71. The molecule has 1 aromatic rings. The maximum Gasteiger partial charge on any atom is 0.339 e. The summed E-state index contributed by atoms with van der Waals surface area (Å²) in [6, 6.07) is 8.55. The third-order valence-electron chi connectivity index (χ3n) is 8.21. The van der Waals surface area contributed by atoms with Gasteiger partial charge in [0.1, 0.15) is 0 Å². The lowest BCUT2D eigenvalue weighted by atomic mass is 9.77. The number of aliphatic hydroxyl groups excluding tert-OH is 2. The fraction of sp³-hybridized carbons (Fsp3) is 0.556.